The predicted octanol–water partition coefficient (Wildman–Crippen LogP) is 6.04. The Labute approximate surface area is 208 Å². The second-order valence-corrected chi connectivity index (χ2v) is 9.35. The number of carbonyl (C=O) groups excluding carboxylic acids is 1. The third-order valence-corrected chi connectivity index (χ3v) is 6.73. The smallest absolute Gasteiger partial charge is 0.324 e. The summed E-state index contributed by atoms with van der Waals surface area (Å²) in [7, 11) is 0. The van der Waals surface area contributed by atoms with Gasteiger partial charge in [-0.3, -0.25) is 4.79 Å². The van der Waals surface area contributed by atoms with E-state index in [1.165, 1.54) is 11.1 Å². The van der Waals surface area contributed by atoms with Gasteiger partial charge in [0, 0.05) is 17.8 Å². The van der Waals surface area contributed by atoms with Crippen molar-refractivity contribution >= 4 is 40.7 Å². The first kappa shape index (κ1) is 25.0. The second kappa shape index (κ2) is 9.87. The van der Waals surface area contributed by atoms with Gasteiger partial charge in [0.2, 0.25) is 11.1 Å². The molecule has 0 aliphatic heterocycles. The van der Waals surface area contributed by atoms with Crippen LogP contribution in [0.2, 0.25) is 5.02 Å². The van der Waals surface area contributed by atoms with E-state index in [9.17, 15) is 18.0 Å². The monoisotopic (exact) mass is 519 g/mol. The number of benzene rings is 2. The van der Waals surface area contributed by atoms with Crippen LogP contribution < -0.4 is 5.32 Å². The minimum Gasteiger partial charge on any atom is -0.324 e. The first-order chi connectivity index (χ1) is 16.5. The van der Waals surface area contributed by atoms with Crippen LogP contribution in [0.25, 0.3) is 5.78 Å². The fourth-order valence-corrected chi connectivity index (χ4v) is 4.40. The van der Waals surface area contributed by atoms with E-state index in [4.69, 9.17) is 11.6 Å². The fourth-order valence-electron chi connectivity index (χ4n) is 3.62. The SMILES string of the molecule is Cc1ccccc1Cc1c(C)nc2nc(SCC(=O)Nc3cc(C(F)(F)F)ccc3Cl)nn2c1C. The Bertz CT molecular complexity index is 1420. The summed E-state index contributed by atoms with van der Waals surface area (Å²) < 4.78 is 40.5. The van der Waals surface area contributed by atoms with Crippen molar-refractivity contribution in [3.63, 3.8) is 0 Å². The Kier molecular flexibility index (Phi) is 7.05. The Morgan fingerprint density at radius 3 is 2.57 bits per heavy atom. The van der Waals surface area contributed by atoms with Gasteiger partial charge in [-0.25, -0.2) is 9.50 Å². The molecule has 0 radical (unpaired) electrons. The number of rotatable bonds is 6. The number of hydrogen-bond acceptors (Lipinski definition) is 5. The van der Waals surface area contributed by atoms with Crippen molar-refractivity contribution in [2.45, 2.75) is 38.5 Å². The molecule has 0 saturated heterocycles. The maximum Gasteiger partial charge on any atom is 0.416 e. The molecule has 35 heavy (non-hydrogen) atoms. The molecule has 2 aromatic carbocycles. The van der Waals surface area contributed by atoms with Crippen molar-refractivity contribution in [2.24, 2.45) is 0 Å². The molecule has 11 heteroatoms. The van der Waals surface area contributed by atoms with E-state index in [-0.39, 0.29) is 16.5 Å². The zero-order valence-electron chi connectivity index (χ0n) is 19.1. The van der Waals surface area contributed by atoms with Gasteiger partial charge in [0.15, 0.2) is 0 Å². The van der Waals surface area contributed by atoms with Crippen LogP contribution in [0.4, 0.5) is 18.9 Å². The number of amides is 1. The van der Waals surface area contributed by atoms with E-state index >= 15 is 0 Å². The lowest BCUT2D eigenvalue weighted by Crippen LogP contribution is -2.15. The number of nitrogens with one attached hydrogen (secondary N) is 1. The van der Waals surface area contributed by atoms with Gasteiger partial charge >= 0.3 is 6.18 Å². The lowest BCUT2D eigenvalue weighted by Gasteiger charge is -2.12. The van der Waals surface area contributed by atoms with Crippen molar-refractivity contribution in [3.8, 4) is 0 Å². The molecule has 182 valence electrons. The highest BCUT2D eigenvalue weighted by molar-refractivity contribution is 7.99. The number of fused-ring (bicyclic) bond motifs is 1. The van der Waals surface area contributed by atoms with E-state index in [0.29, 0.717) is 17.4 Å². The van der Waals surface area contributed by atoms with Gasteiger partial charge in [0.1, 0.15) is 0 Å². The quantitative estimate of drug-likeness (QED) is 0.314. The van der Waals surface area contributed by atoms with Crippen LogP contribution in [0.1, 0.15) is 33.6 Å². The summed E-state index contributed by atoms with van der Waals surface area (Å²) in [4.78, 5) is 21.3. The molecule has 2 aromatic heterocycles. The second-order valence-electron chi connectivity index (χ2n) is 8.00. The molecule has 0 unspecified atom stereocenters. The molecule has 0 aliphatic carbocycles. The lowest BCUT2D eigenvalue weighted by atomic mass is 9.99. The summed E-state index contributed by atoms with van der Waals surface area (Å²) >= 11 is 7.01. The molecule has 4 aromatic rings. The maximum absolute atomic E-state index is 13.0. The normalized spacial score (nSPS) is 11.7. The summed E-state index contributed by atoms with van der Waals surface area (Å²) in [5.41, 5.74) is 4.17. The number of nitrogens with zero attached hydrogens (tertiary/aromatic N) is 4. The Morgan fingerprint density at radius 1 is 1.11 bits per heavy atom. The van der Waals surface area contributed by atoms with Gasteiger partial charge in [0.25, 0.3) is 5.78 Å². The van der Waals surface area contributed by atoms with Crippen LogP contribution in [0.5, 0.6) is 0 Å². The minimum atomic E-state index is -4.54. The topological polar surface area (TPSA) is 72.2 Å². The average Bonchev–Trinajstić information content (AvgIpc) is 3.20. The Balaban J connectivity index is 1.49. The highest BCUT2D eigenvalue weighted by Gasteiger charge is 2.31. The first-order valence-corrected chi connectivity index (χ1v) is 12.0. The van der Waals surface area contributed by atoms with Crippen molar-refractivity contribution in [3.05, 3.63) is 81.1 Å². The van der Waals surface area contributed by atoms with Gasteiger partial charge in [0.05, 0.1) is 22.0 Å². The van der Waals surface area contributed by atoms with Crippen LogP contribution in [0.3, 0.4) is 0 Å². The molecule has 1 amide bonds. The molecule has 0 atom stereocenters. The highest BCUT2D eigenvalue weighted by Crippen LogP contribution is 2.34. The standard InChI is InChI=1S/C24H21ClF3N5OS/c1-13-6-4-5-7-16(13)10-18-14(2)29-22-31-23(32-33(22)15(18)3)35-12-21(34)30-20-11-17(24(26,27)28)8-9-19(20)25/h4-9,11H,10,12H2,1-3H3,(H,30,34). The number of hydrogen-bond donors (Lipinski definition) is 1. The van der Waals surface area contributed by atoms with Gasteiger partial charge in [-0.15, -0.1) is 5.10 Å². The van der Waals surface area contributed by atoms with Crippen LogP contribution in [-0.2, 0) is 17.4 Å². The number of alkyl halides is 3. The molecular formula is C24H21ClF3N5OS. The maximum atomic E-state index is 13.0. The summed E-state index contributed by atoms with van der Waals surface area (Å²) in [5.74, 6) is -0.231. The predicted molar refractivity (Wildman–Crippen MR) is 130 cm³/mol. The number of aryl methyl sites for hydroxylation is 3. The summed E-state index contributed by atoms with van der Waals surface area (Å²) in [6, 6.07) is 10.9. The van der Waals surface area contributed by atoms with Crippen molar-refractivity contribution in [1.29, 1.82) is 0 Å². The summed E-state index contributed by atoms with van der Waals surface area (Å²) in [6.45, 7) is 5.93. The van der Waals surface area contributed by atoms with E-state index in [1.807, 2.05) is 26.0 Å². The number of carbonyl (C=O) groups is 1. The number of aromatic nitrogens is 4. The Hall–Kier alpha value is -3.11. The van der Waals surface area contributed by atoms with Crippen molar-refractivity contribution in [2.75, 3.05) is 11.1 Å². The molecule has 0 saturated carbocycles. The third kappa shape index (κ3) is 5.59. The molecule has 2 heterocycles. The van der Waals surface area contributed by atoms with E-state index in [0.717, 1.165) is 46.9 Å². The molecule has 6 nitrogen and oxygen atoms in total. The zero-order chi connectivity index (χ0) is 25.3. The molecule has 0 bridgehead atoms. The van der Waals surface area contributed by atoms with E-state index in [2.05, 4.69) is 39.4 Å². The Morgan fingerprint density at radius 2 is 1.86 bits per heavy atom. The molecule has 0 spiro atoms. The minimum absolute atomic E-state index is 0.0127. The van der Waals surface area contributed by atoms with E-state index < -0.39 is 17.6 Å². The largest absolute Gasteiger partial charge is 0.416 e. The summed E-state index contributed by atoms with van der Waals surface area (Å²) in [5, 5.41) is 7.24. The van der Waals surface area contributed by atoms with Gasteiger partial charge in [-0.1, -0.05) is 47.6 Å². The molecule has 0 aliphatic rings. The fraction of sp³-hybridized carbons (Fsp3) is 0.250. The zero-order valence-corrected chi connectivity index (χ0v) is 20.6. The van der Waals surface area contributed by atoms with Crippen LogP contribution in [-0.4, -0.2) is 31.2 Å². The number of halogens is 4. The van der Waals surface area contributed by atoms with Crippen LogP contribution in [0.15, 0.2) is 47.6 Å². The number of thioether (sulfide) groups is 1. The lowest BCUT2D eigenvalue weighted by molar-refractivity contribution is -0.137. The first-order valence-electron chi connectivity index (χ1n) is 10.6. The van der Waals surface area contributed by atoms with Gasteiger partial charge in [-0.2, -0.15) is 18.2 Å². The van der Waals surface area contributed by atoms with Crippen LogP contribution >= 0.6 is 23.4 Å². The van der Waals surface area contributed by atoms with Crippen molar-refractivity contribution in [1.82, 2.24) is 19.6 Å². The van der Waals surface area contributed by atoms with Crippen molar-refractivity contribution < 1.29 is 18.0 Å². The van der Waals surface area contributed by atoms with Gasteiger partial charge < -0.3 is 5.32 Å². The third-order valence-electron chi connectivity index (χ3n) is 5.56. The van der Waals surface area contributed by atoms with Crippen LogP contribution in [0, 0.1) is 20.8 Å². The van der Waals surface area contributed by atoms with Gasteiger partial charge in [-0.05, 0) is 55.7 Å². The molecule has 4 rings (SSSR count). The van der Waals surface area contributed by atoms with E-state index in [1.54, 1.807) is 4.52 Å². The highest BCUT2D eigenvalue weighted by atomic mass is 35.5. The summed E-state index contributed by atoms with van der Waals surface area (Å²) in [6.07, 6.45) is -3.84. The molecule has 1 N–H and O–H groups in total. The number of anilines is 1. The molecular weight excluding hydrogens is 499 g/mol. The molecule has 0 fully saturated rings. The average molecular weight is 520 g/mol.